The van der Waals surface area contributed by atoms with Crippen molar-refractivity contribution >= 4 is 35.4 Å². The van der Waals surface area contributed by atoms with Gasteiger partial charge in [0.1, 0.15) is 36.1 Å². The molecule has 0 unspecified atom stereocenters. The minimum absolute atomic E-state index is 0.0341. The van der Waals surface area contributed by atoms with Gasteiger partial charge in [-0.25, -0.2) is 4.79 Å². The van der Waals surface area contributed by atoms with Crippen LogP contribution in [0, 0.1) is 5.92 Å². The molecule has 2 rings (SSSR count). The lowest BCUT2D eigenvalue weighted by Gasteiger charge is -2.23. The van der Waals surface area contributed by atoms with Crippen LogP contribution in [0.2, 0.25) is 0 Å². The van der Waals surface area contributed by atoms with E-state index in [1.807, 2.05) is 0 Å². The zero-order valence-corrected chi connectivity index (χ0v) is 28.3. The van der Waals surface area contributed by atoms with Crippen molar-refractivity contribution in [3.05, 3.63) is 65.7 Å². The van der Waals surface area contributed by atoms with Gasteiger partial charge < -0.3 is 51.9 Å². The highest BCUT2D eigenvalue weighted by Gasteiger charge is 2.31. The van der Waals surface area contributed by atoms with Crippen molar-refractivity contribution in [3.63, 3.8) is 0 Å². The highest BCUT2D eigenvalue weighted by molar-refractivity contribution is 5.93. The molecular formula is C34H47N5O12. The molecular weight excluding hydrogens is 670 g/mol. The van der Waals surface area contributed by atoms with Gasteiger partial charge in [0.2, 0.25) is 23.6 Å². The number of carboxylic acids is 1. The molecule has 17 heteroatoms. The van der Waals surface area contributed by atoms with Crippen LogP contribution in [0.3, 0.4) is 0 Å². The van der Waals surface area contributed by atoms with E-state index in [2.05, 4.69) is 26.6 Å². The van der Waals surface area contributed by atoms with Gasteiger partial charge in [-0.2, -0.15) is 0 Å². The van der Waals surface area contributed by atoms with Gasteiger partial charge in [0.25, 0.3) is 0 Å². The van der Waals surface area contributed by atoms with Crippen molar-refractivity contribution in [2.45, 2.75) is 69.5 Å². The number of carboxylic acid groups (broad SMARTS) is 1. The molecule has 2 aromatic carbocycles. The lowest BCUT2D eigenvalue weighted by molar-refractivity contribution is -0.142. The Morgan fingerprint density at radius 1 is 0.686 bits per heavy atom. The highest BCUT2D eigenvalue weighted by Crippen LogP contribution is 2.12. The summed E-state index contributed by atoms with van der Waals surface area (Å²) >= 11 is 0. The molecule has 0 aromatic heterocycles. The summed E-state index contributed by atoms with van der Waals surface area (Å²) in [6.07, 6.45) is -5.70. The van der Waals surface area contributed by atoms with E-state index in [4.69, 9.17) is 5.11 Å². The third-order valence-corrected chi connectivity index (χ3v) is 7.58. The van der Waals surface area contributed by atoms with Crippen LogP contribution in [0.4, 0.5) is 0 Å². The molecule has 51 heavy (non-hydrogen) atoms. The largest absolute Gasteiger partial charge is 0.508 e. The van der Waals surface area contributed by atoms with Gasteiger partial charge in [0, 0.05) is 6.42 Å². The van der Waals surface area contributed by atoms with E-state index in [0.29, 0.717) is 11.1 Å². The van der Waals surface area contributed by atoms with Crippen LogP contribution in [-0.2, 0) is 41.6 Å². The Morgan fingerprint density at radius 2 is 1.27 bits per heavy atom. The Morgan fingerprint density at radius 3 is 1.86 bits per heavy atom. The summed E-state index contributed by atoms with van der Waals surface area (Å²) in [6, 6.07) is 10.9. The number of carbonyl (C=O) groups excluding carboxylic acids is 5. The summed E-state index contributed by atoms with van der Waals surface area (Å²) in [5.41, 5.74) is 1.23. The van der Waals surface area contributed by atoms with Crippen LogP contribution in [0.1, 0.15) is 31.4 Å². The maximum Gasteiger partial charge on any atom is 0.326 e. The van der Waals surface area contributed by atoms with E-state index in [1.165, 1.54) is 24.3 Å². The number of amides is 4. The van der Waals surface area contributed by atoms with Crippen LogP contribution < -0.4 is 26.6 Å². The van der Waals surface area contributed by atoms with Crippen molar-refractivity contribution in [3.8, 4) is 5.75 Å². The number of hydrogen-bond acceptors (Lipinski definition) is 12. The first-order valence-electron chi connectivity index (χ1n) is 16.2. The van der Waals surface area contributed by atoms with Gasteiger partial charge >= 0.3 is 5.97 Å². The number of aliphatic hydroxyl groups is 4. The number of aromatic hydroxyl groups is 1. The summed E-state index contributed by atoms with van der Waals surface area (Å²) < 4.78 is 0. The van der Waals surface area contributed by atoms with Crippen LogP contribution in [0.25, 0.3) is 0 Å². The number of carbonyl (C=O) groups is 6. The summed E-state index contributed by atoms with van der Waals surface area (Å²) in [4.78, 5) is 75.7. The maximum atomic E-state index is 13.1. The first kappa shape index (κ1) is 42.2. The zero-order valence-electron chi connectivity index (χ0n) is 28.3. The Labute approximate surface area is 294 Å². The highest BCUT2D eigenvalue weighted by atomic mass is 16.4. The number of Topliss-reactive ketones (excluding diaryl/α,β-unsaturated/α-hetero) is 1. The number of phenols is 1. The van der Waals surface area contributed by atoms with Gasteiger partial charge in [-0.15, -0.1) is 0 Å². The number of rotatable bonds is 22. The molecule has 0 saturated carbocycles. The molecule has 2 aromatic rings. The maximum absolute atomic E-state index is 13.1. The Bertz CT molecular complexity index is 1460. The molecule has 0 heterocycles. The van der Waals surface area contributed by atoms with Gasteiger partial charge in [0.15, 0.2) is 5.78 Å². The predicted molar refractivity (Wildman–Crippen MR) is 181 cm³/mol. The summed E-state index contributed by atoms with van der Waals surface area (Å²) in [7, 11) is 0. The van der Waals surface area contributed by atoms with Crippen LogP contribution in [0.5, 0.6) is 5.75 Å². The number of aliphatic hydroxyl groups excluding tert-OH is 4. The lowest BCUT2D eigenvalue weighted by atomic mass is 10.0. The lowest BCUT2D eigenvalue weighted by Crippen LogP contribution is -2.54. The SMILES string of the molecule is CC(C)C[C@H](NC(=O)[C@H](Cc1ccccc1)NC(=O)CNC(=O)CNC(=O)[C@H](Cc1ccc(O)cc1)NCC(=O)[C@@H](O)[C@H](O)[C@H](O)CO)C(=O)O. The van der Waals surface area contributed by atoms with Crippen molar-refractivity contribution in [1.82, 2.24) is 26.6 Å². The van der Waals surface area contributed by atoms with E-state index in [-0.39, 0.29) is 30.9 Å². The number of nitrogens with one attached hydrogen (secondary N) is 5. The number of hydrogen-bond donors (Lipinski definition) is 11. The third-order valence-electron chi connectivity index (χ3n) is 7.58. The van der Waals surface area contributed by atoms with Gasteiger partial charge in [0.05, 0.1) is 32.3 Å². The molecule has 11 N–H and O–H groups in total. The summed E-state index contributed by atoms with van der Waals surface area (Å²) in [5.74, 6) is -5.35. The Balaban J connectivity index is 2.01. The summed E-state index contributed by atoms with van der Waals surface area (Å²) in [6.45, 7) is 0.838. The average Bonchev–Trinajstić information content (AvgIpc) is 3.10. The fourth-order valence-electron chi connectivity index (χ4n) is 4.76. The van der Waals surface area contributed by atoms with Crippen molar-refractivity contribution < 1.29 is 59.4 Å². The molecule has 0 aliphatic heterocycles. The smallest absolute Gasteiger partial charge is 0.326 e. The van der Waals surface area contributed by atoms with E-state index in [0.717, 1.165) is 0 Å². The monoisotopic (exact) mass is 717 g/mol. The molecule has 0 bridgehead atoms. The molecule has 17 nitrogen and oxygen atoms in total. The summed E-state index contributed by atoms with van der Waals surface area (Å²) in [5, 5.41) is 69.7. The van der Waals surface area contributed by atoms with Crippen molar-refractivity contribution in [2.75, 3.05) is 26.2 Å². The van der Waals surface area contributed by atoms with E-state index in [9.17, 15) is 54.3 Å². The molecule has 0 radical (unpaired) electrons. The fraction of sp³-hybridized carbons (Fsp3) is 0.471. The van der Waals surface area contributed by atoms with Gasteiger partial charge in [-0.1, -0.05) is 56.3 Å². The molecule has 0 fully saturated rings. The molecule has 6 atom stereocenters. The number of benzene rings is 2. The van der Waals surface area contributed by atoms with Gasteiger partial charge in [-0.05, 0) is 42.0 Å². The molecule has 0 aliphatic carbocycles. The second kappa shape index (κ2) is 21.3. The second-order valence-corrected chi connectivity index (χ2v) is 12.3. The van der Waals surface area contributed by atoms with Crippen LogP contribution in [0.15, 0.2) is 54.6 Å². The first-order valence-corrected chi connectivity index (χ1v) is 16.2. The second-order valence-electron chi connectivity index (χ2n) is 12.3. The van der Waals surface area contributed by atoms with E-state index in [1.54, 1.807) is 44.2 Å². The zero-order chi connectivity index (χ0) is 38.1. The van der Waals surface area contributed by atoms with Crippen molar-refractivity contribution in [2.24, 2.45) is 5.92 Å². The Kier molecular flexibility index (Phi) is 17.6. The number of aliphatic carboxylic acids is 1. The van der Waals surface area contributed by atoms with Crippen LogP contribution in [-0.4, -0.2) is 129 Å². The number of phenolic OH excluding ortho intramolecular Hbond substituents is 1. The average molecular weight is 718 g/mol. The molecule has 0 saturated heterocycles. The third kappa shape index (κ3) is 15.2. The first-order chi connectivity index (χ1) is 24.1. The predicted octanol–water partition coefficient (Wildman–Crippen LogP) is -2.89. The minimum atomic E-state index is -2.08. The van der Waals surface area contributed by atoms with Crippen molar-refractivity contribution in [1.29, 1.82) is 0 Å². The standard InChI is InChI=1S/C34H47N5O12/c1-19(2)12-25(34(50)51)39-33(49)24(14-20-6-4-3-5-7-20)38-29(45)17-36-28(44)16-37-32(48)23(13-21-8-10-22(41)11-9-21)35-15-26(42)30(46)31(47)27(43)18-40/h3-11,19,23-25,27,30-31,35,40-41,43,46-47H,12-18H2,1-2H3,(H,36,44)(H,37,48)(H,38,45)(H,39,49)(H,50,51)/t23-,24-,25-,27+,30+,31+/m0/s1. The minimum Gasteiger partial charge on any atom is -0.508 e. The quantitative estimate of drug-likeness (QED) is 0.0584. The van der Waals surface area contributed by atoms with Crippen LogP contribution >= 0.6 is 0 Å². The van der Waals surface area contributed by atoms with Gasteiger partial charge in [-0.3, -0.25) is 29.3 Å². The molecule has 0 aliphatic rings. The topological polar surface area (TPSA) is 284 Å². The number of ketones is 1. The molecule has 0 spiro atoms. The van der Waals surface area contributed by atoms with E-state index >= 15 is 0 Å². The van der Waals surface area contributed by atoms with E-state index < -0.39 is 98.1 Å². The fourth-order valence-corrected chi connectivity index (χ4v) is 4.76. The molecule has 4 amide bonds. The molecule has 280 valence electrons. The normalized spacial score (nSPS) is 14.6. The Hall–Kier alpha value is -4.94.